The van der Waals surface area contributed by atoms with E-state index in [2.05, 4.69) is 38.8 Å². The zero-order valence-corrected chi connectivity index (χ0v) is 21.3. The molecule has 1 aromatic carbocycles. The number of nitriles is 1. The lowest BCUT2D eigenvalue weighted by Crippen LogP contribution is -2.23. The third-order valence-electron chi connectivity index (χ3n) is 7.29. The van der Waals surface area contributed by atoms with Crippen molar-refractivity contribution in [2.45, 2.75) is 26.1 Å². The van der Waals surface area contributed by atoms with Gasteiger partial charge in [-0.3, -0.25) is 4.98 Å². The lowest BCUT2D eigenvalue weighted by atomic mass is 9.94. The van der Waals surface area contributed by atoms with Crippen LogP contribution < -0.4 is 10.6 Å². The number of hydrogen-bond donors (Lipinski definition) is 1. The molecule has 0 spiro atoms. The molecule has 3 aromatic heterocycles. The Morgan fingerprint density at radius 1 is 1.24 bits per heavy atom. The average Bonchev–Trinajstić information content (AvgIpc) is 3.62. The minimum atomic E-state index is -0.603. The summed E-state index contributed by atoms with van der Waals surface area (Å²) >= 11 is 0.958. The van der Waals surface area contributed by atoms with E-state index >= 15 is 4.39 Å². The van der Waals surface area contributed by atoms with Crippen molar-refractivity contribution < 1.29 is 13.5 Å². The molecule has 2 N–H and O–H groups in total. The summed E-state index contributed by atoms with van der Waals surface area (Å²) in [6, 6.07) is 2.04. The number of nitrogens with zero attached hydrogens (tertiary/aromatic N) is 6. The minimum Gasteiger partial charge on any atom is -0.389 e. The van der Waals surface area contributed by atoms with Gasteiger partial charge in [0.2, 0.25) is 5.95 Å². The largest absolute Gasteiger partial charge is 0.389 e. The van der Waals surface area contributed by atoms with E-state index in [0.717, 1.165) is 55.6 Å². The molecule has 0 amide bonds. The van der Waals surface area contributed by atoms with Gasteiger partial charge in [-0.2, -0.15) is 5.26 Å². The summed E-state index contributed by atoms with van der Waals surface area (Å²) in [6.45, 7) is 3.09. The van der Waals surface area contributed by atoms with Crippen LogP contribution in [0.15, 0.2) is 12.4 Å². The quantitative estimate of drug-likeness (QED) is 0.411. The maximum absolute atomic E-state index is 16.4. The van der Waals surface area contributed by atoms with Crippen molar-refractivity contribution in [3.05, 3.63) is 40.7 Å². The average molecular weight is 522 g/mol. The van der Waals surface area contributed by atoms with Crippen LogP contribution in [0.4, 0.5) is 19.7 Å². The van der Waals surface area contributed by atoms with Crippen molar-refractivity contribution in [1.29, 1.82) is 5.26 Å². The van der Waals surface area contributed by atoms with Gasteiger partial charge in [0, 0.05) is 35.6 Å². The molecule has 8 nitrogen and oxygen atoms in total. The Balaban J connectivity index is 1.51. The third-order valence-corrected chi connectivity index (χ3v) is 8.31. The number of benzene rings is 1. The molecular weight excluding hydrogens is 496 g/mol. The number of pyridine rings is 1. The highest BCUT2D eigenvalue weighted by Gasteiger charge is 2.31. The highest BCUT2D eigenvalue weighted by molar-refractivity contribution is 7.23. The maximum Gasteiger partial charge on any atom is 0.225 e. The standard InChI is InChI=1S/C26H25F2N7OS/c1-34(2)5-3-13-4-6-35(10-13)26-32-8-15-16-11-36-12-17(16)19(21(28)22(15)33-26)23-20-14(7-29)25(30)37-24(20)18(27)9-31-23/h8-9,13H,3-6,10-12,30H2,1-2H3/t13-/m0/s1. The lowest BCUT2D eigenvalue weighted by molar-refractivity contribution is 0.135. The Labute approximate surface area is 216 Å². The fourth-order valence-electron chi connectivity index (χ4n) is 5.38. The first-order chi connectivity index (χ1) is 17.9. The zero-order chi connectivity index (χ0) is 25.8. The molecule has 0 unspecified atom stereocenters. The molecular formula is C26H25F2N7OS. The molecule has 2 aliphatic rings. The molecule has 0 radical (unpaired) electrons. The molecule has 2 aliphatic heterocycles. The van der Waals surface area contributed by atoms with Crippen LogP contribution in [0.5, 0.6) is 0 Å². The van der Waals surface area contributed by atoms with Gasteiger partial charge in [0.1, 0.15) is 16.6 Å². The summed E-state index contributed by atoms with van der Waals surface area (Å²) in [5.41, 5.74) is 8.02. The third kappa shape index (κ3) is 3.87. The summed E-state index contributed by atoms with van der Waals surface area (Å²) in [5, 5.41) is 10.7. The molecule has 1 atom stereocenters. The van der Waals surface area contributed by atoms with Gasteiger partial charge in [-0.25, -0.2) is 18.7 Å². The molecule has 37 heavy (non-hydrogen) atoms. The summed E-state index contributed by atoms with van der Waals surface area (Å²) in [6.07, 6.45) is 4.83. The van der Waals surface area contributed by atoms with Crippen molar-refractivity contribution in [3.8, 4) is 17.3 Å². The molecule has 6 rings (SSSR count). The molecule has 0 saturated carbocycles. The van der Waals surface area contributed by atoms with E-state index < -0.39 is 11.6 Å². The van der Waals surface area contributed by atoms with Crippen LogP contribution in [0.2, 0.25) is 0 Å². The number of hydrogen-bond acceptors (Lipinski definition) is 9. The zero-order valence-electron chi connectivity index (χ0n) is 20.5. The van der Waals surface area contributed by atoms with Crippen LogP contribution in [-0.2, 0) is 18.0 Å². The van der Waals surface area contributed by atoms with Crippen LogP contribution >= 0.6 is 11.3 Å². The summed E-state index contributed by atoms with van der Waals surface area (Å²) in [4.78, 5) is 17.8. The topological polar surface area (TPSA) is 104 Å². The number of aromatic nitrogens is 3. The van der Waals surface area contributed by atoms with E-state index in [1.165, 1.54) is 0 Å². The van der Waals surface area contributed by atoms with Crippen LogP contribution in [0, 0.1) is 28.9 Å². The van der Waals surface area contributed by atoms with Gasteiger partial charge in [-0.05, 0) is 50.5 Å². The van der Waals surface area contributed by atoms with Crippen molar-refractivity contribution in [2.24, 2.45) is 5.92 Å². The van der Waals surface area contributed by atoms with Crippen LogP contribution in [0.1, 0.15) is 29.5 Å². The normalized spacial score (nSPS) is 17.3. The van der Waals surface area contributed by atoms with Gasteiger partial charge in [-0.1, -0.05) is 0 Å². The number of fused-ring (bicyclic) bond motifs is 4. The van der Waals surface area contributed by atoms with E-state index in [1.54, 1.807) is 6.20 Å². The first-order valence-electron chi connectivity index (χ1n) is 12.1. The molecule has 0 bridgehead atoms. The second-order valence-electron chi connectivity index (χ2n) is 9.88. The van der Waals surface area contributed by atoms with Gasteiger partial charge in [0.05, 0.1) is 35.4 Å². The van der Waals surface area contributed by atoms with Crippen LogP contribution in [-0.4, -0.2) is 53.6 Å². The fraction of sp³-hybridized carbons (Fsp3) is 0.385. The van der Waals surface area contributed by atoms with Crippen LogP contribution in [0.3, 0.4) is 0 Å². The lowest BCUT2D eigenvalue weighted by Gasteiger charge is -2.19. The van der Waals surface area contributed by atoms with E-state index in [9.17, 15) is 9.65 Å². The highest BCUT2D eigenvalue weighted by atomic mass is 32.1. The van der Waals surface area contributed by atoms with Crippen LogP contribution in [0.25, 0.3) is 32.2 Å². The molecule has 11 heteroatoms. The molecule has 0 aliphatic carbocycles. The van der Waals surface area contributed by atoms with Crippen molar-refractivity contribution in [2.75, 3.05) is 44.4 Å². The SMILES string of the molecule is CN(C)CC[C@H]1CCN(c2ncc3c4c(c(-c5ncc(F)c6sc(N)c(C#N)c56)c(F)c3n2)COC4)C1. The Bertz CT molecular complexity index is 1600. The van der Waals surface area contributed by atoms with E-state index in [-0.39, 0.29) is 50.6 Å². The van der Waals surface area contributed by atoms with Gasteiger partial charge in [0.15, 0.2) is 11.6 Å². The van der Waals surface area contributed by atoms with Gasteiger partial charge in [0.25, 0.3) is 0 Å². The number of ether oxygens (including phenoxy) is 1. The second kappa shape index (κ2) is 9.13. The van der Waals surface area contributed by atoms with Crippen molar-refractivity contribution in [1.82, 2.24) is 19.9 Å². The monoisotopic (exact) mass is 521 g/mol. The molecule has 5 heterocycles. The van der Waals surface area contributed by atoms with Crippen molar-refractivity contribution >= 4 is 43.3 Å². The Morgan fingerprint density at radius 2 is 2.05 bits per heavy atom. The second-order valence-corrected chi connectivity index (χ2v) is 10.9. The van der Waals surface area contributed by atoms with Gasteiger partial charge >= 0.3 is 0 Å². The fourth-order valence-corrected chi connectivity index (χ4v) is 6.30. The Hall–Kier alpha value is -3.46. The molecule has 190 valence electrons. The van der Waals surface area contributed by atoms with Gasteiger partial charge in [-0.15, -0.1) is 11.3 Å². The number of thiophene rings is 1. The van der Waals surface area contributed by atoms with E-state index in [4.69, 9.17) is 10.5 Å². The minimum absolute atomic E-state index is 0.0957. The predicted molar refractivity (Wildman–Crippen MR) is 139 cm³/mol. The summed E-state index contributed by atoms with van der Waals surface area (Å²) in [7, 11) is 4.13. The van der Waals surface area contributed by atoms with Crippen molar-refractivity contribution in [3.63, 3.8) is 0 Å². The van der Waals surface area contributed by atoms with E-state index in [0.29, 0.717) is 22.8 Å². The molecule has 1 saturated heterocycles. The number of nitrogen functional groups attached to an aromatic ring is 1. The molecule has 4 aromatic rings. The highest BCUT2D eigenvalue weighted by Crippen LogP contribution is 2.45. The Morgan fingerprint density at radius 3 is 2.84 bits per heavy atom. The first-order valence-corrected chi connectivity index (χ1v) is 12.9. The summed E-state index contributed by atoms with van der Waals surface area (Å²) < 4.78 is 36.9. The van der Waals surface area contributed by atoms with E-state index in [1.807, 2.05) is 6.07 Å². The molecule has 1 fully saturated rings. The Kier molecular flexibility index (Phi) is 5.90. The summed E-state index contributed by atoms with van der Waals surface area (Å²) in [5.74, 6) is -0.173. The predicted octanol–water partition coefficient (Wildman–Crippen LogP) is 4.45. The number of halogens is 2. The first kappa shape index (κ1) is 23.9. The number of rotatable bonds is 5. The number of anilines is 2. The number of nitrogens with two attached hydrogens (primary N) is 1. The smallest absolute Gasteiger partial charge is 0.225 e. The van der Waals surface area contributed by atoms with Gasteiger partial charge < -0.3 is 20.3 Å². The maximum atomic E-state index is 16.4.